The number of ether oxygens (including phenoxy) is 1. The number of aliphatic hydroxyl groups excluding tert-OH is 2. The molecule has 0 bridgehead atoms. The Morgan fingerprint density at radius 3 is 2.59 bits per heavy atom. The lowest BCUT2D eigenvalue weighted by Gasteiger charge is -2.12. The summed E-state index contributed by atoms with van der Waals surface area (Å²) in [7, 11) is 0. The lowest BCUT2D eigenvalue weighted by Crippen LogP contribution is -2.17. The largest absolute Gasteiger partial charge is 0.393 e. The first-order valence-corrected chi connectivity index (χ1v) is 5.82. The average molecular weight is 236 g/mol. The lowest BCUT2D eigenvalue weighted by molar-refractivity contribution is 0.0517. The van der Waals surface area contributed by atoms with Gasteiger partial charge in [-0.3, -0.25) is 0 Å². The first-order chi connectivity index (χ1) is 8.22. The second kappa shape index (κ2) is 8.01. The van der Waals surface area contributed by atoms with E-state index in [0.29, 0.717) is 26.1 Å². The van der Waals surface area contributed by atoms with E-state index >= 15 is 0 Å². The van der Waals surface area contributed by atoms with Crippen molar-refractivity contribution in [1.29, 1.82) is 0 Å². The van der Waals surface area contributed by atoms with Crippen LogP contribution in [0, 0.1) is 0 Å². The monoisotopic (exact) mass is 236 g/mol. The minimum absolute atomic E-state index is 0.318. The maximum absolute atomic E-state index is 9.56. The van der Waals surface area contributed by atoms with Crippen LogP contribution in [0.2, 0.25) is 0 Å². The van der Waals surface area contributed by atoms with Crippen LogP contribution in [0.25, 0.3) is 0 Å². The Morgan fingerprint density at radius 2 is 1.94 bits per heavy atom. The maximum Gasteiger partial charge on any atom is 0.0742 e. The van der Waals surface area contributed by atoms with Crippen molar-refractivity contribution >= 4 is 0 Å². The fraction of sp³-hybridized carbons (Fsp3) is 0.429. The highest BCUT2D eigenvalue weighted by atomic mass is 16.5. The van der Waals surface area contributed by atoms with Crippen molar-refractivity contribution in [3.05, 3.63) is 48.6 Å². The third kappa shape index (κ3) is 6.22. The molecule has 0 spiro atoms. The molecule has 1 aromatic carbocycles. The van der Waals surface area contributed by atoms with Gasteiger partial charge in [0, 0.05) is 13.0 Å². The van der Waals surface area contributed by atoms with Crippen molar-refractivity contribution in [3.8, 4) is 0 Å². The number of hydrogen-bond acceptors (Lipinski definition) is 3. The zero-order chi connectivity index (χ0) is 12.5. The molecule has 2 atom stereocenters. The Bertz CT molecular complexity index is 311. The topological polar surface area (TPSA) is 49.7 Å². The highest BCUT2D eigenvalue weighted by molar-refractivity contribution is 5.13. The quantitative estimate of drug-likeness (QED) is 0.535. The molecule has 1 aromatic rings. The van der Waals surface area contributed by atoms with Gasteiger partial charge in [-0.2, -0.15) is 0 Å². The van der Waals surface area contributed by atoms with Gasteiger partial charge in [0.25, 0.3) is 0 Å². The Kier molecular flexibility index (Phi) is 6.55. The molecule has 0 heterocycles. The van der Waals surface area contributed by atoms with E-state index in [-0.39, 0.29) is 0 Å². The third-order valence-electron chi connectivity index (χ3n) is 2.49. The van der Waals surface area contributed by atoms with Crippen LogP contribution in [0.1, 0.15) is 18.4 Å². The SMILES string of the molecule is C=CC(O)CC(O)CCOCc1ccccc1. The summed E-state index contributed by atoms with van der Waals surface area (Å²) in [6, 6.07) is 9.89. The fourth-order valence-electron chi connectivity index (χ4n) is 1.48. The highest BCUT2D eigenvalue weighted by Gasteiger charge is 2.08. The number of benzene rings is 1. The number of rotatable bonds is 8. The average Bonchev–Trinajstić information content (AvgIpc) is 2.36. The molecule has 2 N–H and O–H groups in total. The molecule has 0 saturated carbocycles. The van der Waals surface area contributed by atoms with Crippen LogP contribution >= 0.6 is 0 Å². The molecular formula is C14H20O3. The molecule has 17 heavy (non-hydrogen) atoms. The maximum atomic E-state index is 9.56. The molecule has 0 aromatic heterocycles. The standard InChI is InChI=1S/C14H20O3/c1-2-13(15)10-14(16)8-9-17-11-12-6-4-3-5-7-12/h2-7,13-16H,1,8-11H2. The smallest absolute Gasteiger partial charge is 0.0742 e. The number of hydrogen-bond donors (Lipinski definition) is 2. The molecule has 0 amide bonds. The van der Waals surface area contributed by atoms with Crippen molar-refractivity contribution in [2.24, 2.45) is 0 Å². The summed E-state index contributed by atoms with van der Waals surface area (Å²) in [5, 5.41) is 18.8. The van der Waals surface area contributed by atoms with E-state index in [1.807, 2.05) is 30.3 Å². The van der Waals surface area contributed by atoms with Crippen LogP contribution in [0.5, 0.6) is 0 Å². The normalized spacial score (nSPS) is 14.2. The minimum Gasteiger partial charge on any atom is -0.393 e. The van der Waals surface area contributed by atoms with Gasteiger partial charge in [0.2, 0.25) is 0 Å². The zero-order valence-corrected chi connectivity index (χ0v) is 9.96. The summed E-state index contributed by atoms with van der Waals surface area (Å²) < 4.78 is 5.44. The molecule has 3 nitrogen and oxygen atoms in total. The first-order valence-electron chi connectivity index (χ1n) is 5.82. The summed E-state index contributed by atoms with van der Waals surface area (Å²) >= 11 is 0. The van der Waals surface area contributed by atoms with Gasteiger partial charge in [0.05, 0.1) is 18.8 Å². The van der Waals surface area contributed by atoms with E-state index in [4.69, 9.17) is 4.74 Å². The molecule has 0 radical (unpaired) electrons. The van der Waals surface area contributed by atoms with Crippen LogP contribution < -0.4 is 0 Å². The van der Waals surface area contributed by atoms with E-state index in [2.05, 4.69) is 6.58 Å². The van der Waals surface area contributed by atoms with Gasteiger partial charge < -0.3 is 14.9 Å². The van der Waals surface area contributed by atoms with Gasteiger partial charge in [-0.25, -0.2) is 0 Å². The van der Waals surface area contributed by atoms with E-state index in [0.717, 1.165) is 5.56 Å². The summed E-state index contributed by atoms with van der Waals surface area (Å²) in [5.74, 6) is 0. The van der Waals surface area contributed by atoms with Gasteiger partial charge >= 0.3 is 0 Å². The lowest BCUT2D eigenvalue weighted by atomic mass is 10.1. The van der Waals surface area contributed by atoms with Crippen LogP contribution in [0.3, 0.4) is 0 Å². The fourth-order valence-corrected chi connectivity index (χ4v) is 1.48. The molecule has 3 heteroatoms. The molecule has 1 rings (SSSR count). The summed E-state index contributed by atoms with van der Waals surface area (Å²) in [6.07, 6.45) is 1.09. The van der Waals surface area contributed by atoms with Crippen molar-refractivity contribution in [2.75, 3.05) is 6.61 Å². The molecular weight excluding hydrogens is 216 g/mol. The second-order valence-electron chi connectivity index (χ2n) is 4.02. The number of aliphatic hydroxyl groups is 2. The Morgan fingerprint density at radius 1 is 1.24 bits per heavy atom. The van der Waals surface area contributed by atoms with Crippen molar-refractivity contribution in [3.63, 3.8) is 0 Å². The van der Waals surface area contributed by atoms with Gasteiger partial charge in [0.15, 0.2) is 0 Å². The summed E-state index contributed by atoms with van der Waals surface area (Å²) in [6.45, 7) is 4.50. The molecule has 0 fully saturated rings. The zero-order valence-electron chi connectivity index (χ0n) is 9.96. The molecule has 94 valence electrons. The predicted octanol–water partition coefficient (Wildman–Crippen LogP) is 1.89. The van der Waals surface area contributed by atoms with Crippen molar-refractivity contribution in [1.82, 2.24) is 0 Å². The molecule has 0 saturated heterocycles. The first kappa shape index (κ1) is 13.9. The van der Waals surface area contributed by atoms with E-state index < -0.39 is 12.2 Å². The van der Waals surface area contributed by atoms with Crippen LogP contribution in [0.15, 0.2) is 43.0 Å². The summed E-state index contributed by atoms with van der Waals surface area (Å²) in [5.41, 5.74) is 1.12. The van der Waals surface area contributed by atoms with E-state index in [9.17, 15) is 10.2 Å². The van der Waals surface area contributed by atoms with Crippen LogP contribution in [-0.4, -0.2) is 29.0 Å². The Balaban J connectivity index is 2.10. The highest BCUT2D eigenvalue weighted by Crippen LogP contribution is 2.05. The Hall–Kier alpha value is -1.16. The summed E-state index contributed by atoms with van der Waals surface area (Å²) in [4.78, 5) is 0. The van der Waals surface area contributed by atoms with E-state index in [1.165, 1.54) is 6.08 Å². The van der Waals surface area contributed by atoms with Gasteiger partial charge in [-0.15, -0.1) is 6.58 Å². The van der Waals surface area contributed by atoms with Gasteiger partial charge in [-0.1, -0.05) is 36.4 Å². The van der Waals surface area contributed by atoms with Crippen molar-refractivity contribution in [2.45, 2.75) is 31.7 Å². The van der Waals surface area contributed by atoms with Crippen LogP contribution in [0.4, 0.5) is 0 Å². The minimum atomic E-state index is -0.640. The Labute approximate surface area is 102 Å². The predicted molar refractivity (Wildman–Crippen MR) is 67.5 cm³/mol. The third-order valence-corrected chi connectivity index (χ3v) is 2.49. The van der Waals surface area contributed by atoms with Gasteiger partial charge in [-0.05, 0) is 12.0 Å². The second-order valence-corrected chi connectivity index (χ2v) is 4.02. The molecule has 0 aliphatic carbocycles. The van der Waals surface area contributed by atoms with Gasteiger partial charge in [0.1, 0.15) is 0 Å². The molecule has 2 unspecified atom stereocenters. The van der Waals surface area contributed by atoms with E-state index in [1.54, 1.807) is 0 Å². The molecule has 0 aliphatic rings. The van der Waals surface area contributed by atoms with Crippen LogP contribution in [-0.2, 0) is 11.3 Å². The van der Waals surface area contributed by atoms with Crippen molar-refractivity contribution < 1.29 is 14.9 Å². The molecule has 0 aliphatic heterocycles.